The predicted octanol–water partition coefficient (Wildman–Crippen LogP) is 1.97. The average molecular weight is 264 g/mol. The van der Waals surface area contributed by atoms with Gasteiger partial charge in [0.15, 0.2) is 0 Å². The number of amides is 1. The largest absolute Gasteiger partial charge is 0.352 e. The Balaban J connectivity index is 1.77. The maximum atomic E-state index is 12.8. The van der Waals surface area contributed by atoms with Gasteiger partial charge in [0.2, 0.25) is 5.91 Å². The fraction of sp³-hybridized carbons (Fsp3) is 0.533. The lowest BCUT2D eigenvalue weighted by molar-refractivity contribution is -0.125. The SMILES string of the molecule is CC(C(=O)NC1CC1)N(C)CCc1ccc(F)cc1. The maximum absolute atomic E-state index is 12.8. The Morgan fingerprint density at radius 3 is 2.63 bits per heavy atom. The minimum Gasteiger partial charge on any atom is -0.352 e. The molecule has 0 aliphatic heterocycles. The molecule has 0 heterocycles. The van der Waals surface area contributed by atoms with Crippen molar-refractivity contribution < 1.29 is 9.18 Å². The van der Waals surface area contributed by atoms with E-state index in [0.29, 0.717) is 6.04 Å². The number of rotatable bonds is 6. The van der Waals surface area contributed by atoms with Crippen LogP contribution in [0.3, 0.4) is 0 Å². The highest BCUT2D eigenvalue weighted by Gasteiger charge is 2.26. The van der Waals surface area contributed by atoms with Gasteiger partial charge in [0.05, 0.1) is 6.04 Å². The molecule has 1 atom stereocenters. The van der Waals surface area contributed by atoms with Crippen molar-refractivity contribution in [2.24, 2.45) is 0 Å². The second-order valence-electron chi connectivity index (χ2n) is 5.32. The van der Waals surface area contributed by atoms with E-state index in [1.54, 1.807) is 12.1 Å². The van der Waals surface area contributed by atoms with Crippen LogP contribution in [0.25, 0.3) is 0 Å². The number of likely N-dealkylation sites (N-methyl/N-ethyl adjacent to an activating group) is 1. The Morgan fingerprint density at radius 1 is 1.42 bits per heavy atom. The van der Waals surface area contributed by atoms with E-state index in [0.717, 1.165) is 31.4 Å². The van der Waals surface area contributed by atoms with Gasteiger partial charge in [-0.05, 0) is 50.9 Å². The fourth-order valence-electron chi connectivity index (χ4n) is 1.90. The van der Waals surface area contributed by atoms with Crippen LogP contribution in [0.2, 0.25) is 0 Å². The molecule has 1 saturated carbocycles. The minimum absolute atomic E-state index is 0.101. The monoisotopic (exact) mass is 264 g/mol. The van der Waals surface area contributed by atoms with E-state index < -0.39 is 0 Å². The molecule has 0 bridgehead atoms. The van der Waals surface area contributed by atoms with E-state index >= 15 is 0 Å². The Morgan fingerprint density at radius 2 is 2.05 bits per heavy atom. The van der Waals surface area contributed by atoms with Gasteiger partial charge in [-0.25, -0.2) is 4.39 Å². The Labute approximate surface area is 113 Å². The smallest absolute Gasteiger partial charge is 0.237 e. The first-order valence-electron chi connectivity index (χ1n) is 6.81. The van der Waals surface area contributed by atoms with E-state index in [4.69, 9.17) is 0 Å². The second kappa shape index (κ2) is 6.15. The van der Waals surface area contributed by atoms with E-state index in [2.05, 4.69) is 5.32 Å². The Hall–Kier alpha value is -1.42. The highest BCUT2D eigenvalue weighted by atomic mass is 19.1. The van der Waals surface area contributed by atoms with Crippen molar-refractivity contribution >= 4 is 5.91 Å². The molecule has 1 aromatic rings. The molecular weight excluding hydrogens is 243 g/mol. The molecule has 1 aliphatic carbocycles. The van der Waals surface area contributed by atoms with E-state index in [1.807, 2.05) is 18.9 Å². The third kappa shape index (κ3) is 4.31. The fourth-order valence-corrected chi connectivity index (χ4v) is 1.90. The number of hydrogen-bond acceptors (Lipinski definition) is 2. The molecule has 0 aromatic heterocycles. The van der Waals surface area contributed by atoms with Gasteiger partial charge in [0.25, 0.3) is 0 Å². The number of carbonyl (C=O) groups excluding carboxylic acids is 1. The normalized spacial score (nSPS) is 16.4. The van der Waals surface area contributed by atoms with Crippen molar-refractivity contribution in [3.63, 3.8) is 0 Å². The lowest BCUT2D eigenvalue weighted by Gasteiger charge is -2.23. The van der Waals surface area contributed by atoms with Crippen LogP contribution in [-0.2, 0) is 11.2 Å². The number of nitrogens with zero attached hydrogens (tertiary/aromatic N) is 1. The van der Waals surface area contributed by atoms with Gasteiger partial charge in [0, 0.05) is 12.6 Å². The lowest BCUT2D eigenvalue weighted by atomic mass is 10.1. The van der Waals surface area contributed by atoms with Crippen LogP contribution in [-0.4, -0.2) is 36.5 Å². The second-order valence-corrected chi connectivity index (χ2v) is 5.32. The Bertz CT molecular complexity index is 428. The molecule has 2 rings (SSSR count). The predicted molar refractivity (Wildman–Crippen MR) is 73.4 cm³/mol. The summed E-state index contributed by atoms with van der Waals surface area (Å²) in [6.07, 6.45) is 3.04. The van der Waals surface area contributed by atoms with Crippen LogP contribution in [0.15, 0.2) is 24.3 Å². The summed E-state index contributed by atoms with van der Waals surface area (Å²) in [6, 6.07) is 6.80. The van der Waals surface area contributed by atoms with Gasteiger partial charge >= 0.3 is 0 Å². The van der Waals surface area contributed by atoms with Crippen molar-refractivity contribution in [1.82, 2.24) is 10.2 Å². The van der Waals surface area contributed by atoms with Crippen molar-refractivity contribution in [2.75, 3.05) is 13.6 Å². The number of hydrogen-bond donors (Lipinski definition) is 1. The quantitative estimate of drug-likeness (QED) is 0.852. The molecule has 3 nitrogen and oxygen atoms in total. The summed E-state index contributed by atoms with van der Waals surface area (Å²) in [7, 11) is 1.95. The van der Waals surface area contributed by atoms with Crippen LogP contribution < -0.4 is 5.32 Å². The van der Waals surface area contributed by atoms with E-state index in [9.17, 15) is 9.18 Å². The Kier molecular flexibility index (Phi) is 4.53. The lowest BCUT2D eigenvalue weighted by Crippen LogP contribution is -2.44. The molecule has 104 valence electrons. The highest BCUT2D eigenvalue weighted by Crippen LogP contribution is 2.19. The number of carbonyl (C=O) groups is 1. The summed E-state index contributed by atoms with van der Waals surface area (Å²) < 4.78 is 12.8. The van der Waals surface area contributed by atoms with Gasteiger partial charge in [0.1, 0.15) is 5.82 Å². The first kappa shape index (κ1) is 14.0. The van der Waals surface area contributed by atoms with Gasteiger partial charge in [-0.2, -0.15) is 0 Å². The van der Waals surface area contributed by atoms with Gasteiger partial charge in [-0.1, -0.05) is 12.1 Å². The molecule has 1 aromatic carbocycles. The minimum atomic E-state index is -0.214. The average Bonchev–Trinajstić information content (AvgIpc) is 3.20. The van der Waals surface area contributed by atoms with Crippen molar-refractivity contribution in [3.8, 4) is 0 Å². The zero-order valence-electron chi connectivity index (χ0n) is 11.5. The molecule has 19 heavy (non-hydrogen) atoms. The van der Waals surface area contributed by atoms with E-state index in [1.165, 1.54) is 12.1 Å². The molecule has 0 spiro atoms. The van der Waals surface area contributed by atoms with Crippen LogP contribution in [0, 0.1) is 5.82 Å². The molecule has 1 fully saturated rings. The third-order valence-electron chi connectivity index (χ3n) is 3.63. The van der Waals surface area contributed by atoms with Crippen LogP contribution in [0.1, 0.15) is 25.3 Å². The molecule has 0 saturated heterocycles. The van der Waals surface area contributed by atoms with Crippen molar-refractivity contribution in [3.05, 3.63) is 35.6 Å². The molecular formula is C15H21FN2O. The van der Waals surface area contributed by atoms with Crippen molar-refractivity contribution in [2.45, 2.75) is 38.3 Å². The van der Waals surface area contributed by atoms with Crippen LogP contribution >= 0.6 is 0 Å². The number of nitrogens with one attached hydrogen (secondary N) is 1. The first-order chi connectivity index (χ1) is 9.06. The standard InChI is InChI=1S/C15H21FN2O/c1-11(15(19)17-14-7-8-14)18(2)10-9-12-3-5-13(16)6-4-12/h3-6,11,14H,7-10H2,1-2H3,(H,17,19). The van der Waals surface area contributed by atoms with Crippen LogP contribution in [0.4, 0.5) is 4.39 Å². The summed E-state index contributed by atoms with van der Waals surface area (Å²) in [4.78, 5) is 13.9. The summed E-state index contributed by atoms with van der Waals surface area (Å²) in [5.41, 5.74) is 1.09. The molecule has 1 aliphatic rings. The topological polar surface area (TPSA) is 32.3 Å². The summed E-state index contributed by atoms with van der Waals surface area (Å²) >= 11 is 0. The van der Waals surface area contributed by atoms with Crippen LogP contribution in [0.5, 0.6) is 0 Å². The zero-order valence-corrected chi connectivity index (χ0v) is 11.5. The summed E-state index contributed by atoms with van der Waals surface area (Å²) in [5.74, 6) is -0.113. The highest BCUT2D eigenvalue weighted by molar-refractivity contribution is 5.81. The molecule has 1 unspecified atom stereocenters. The maximum Gasteiger partial charge on any atom is 0.237 e. The molecule has 1 N–H and O–H groups in total. The van der Waals surface area contributed by atoms with Crippen molar-refractivity contribution in [1.29, 1.82) is 0 Å². The van der Waals surface area contributed by atoms with Gasteiger partial charge in [-0.3, -0.25) is 9.69 Å². The summed E-state index contributed by atoms with van der Waals surface area (Å²) in [6.45, 7) is 2.70. The number of halogens is 1. The number of benzene rings is 1. The third-order valence-corrected chi connectivity index (χ3v) is 3.63. The summed E-state index contributed by atoms with van der Waals surface area (Å²) in [5, 5.41) is 3.01. The van der Waals surface area contributed by atoms with E-state index in [-0.39, 0.29) is 17.8 Å². The molecule has 0 radical (unpaired) electrons. The first-order valence-corrected chi connectivity index (χ1v) is 6.81. The van der Waals surface area contributed by atoms with Gasteiger partial charge in [-0.15, -0.1) is 0 Å². The molecule has 1 amide bonds. The zero-order chi connectivity index (χ0) is 13.8. The molecule has 4 heteroatoms. The van der Waals surface area contributed by atoms with Gasteiger partial charge < -0.3 is 5.32 Å².